The summed E-state index contributed by atoms with van der Waals surface area (Å²) in [5.41, 5.74) is 5.92. The van der Waals surface area contributed by atoms with E-state index in [0.717, 1.165) is 0 Å². The largest absolute Gasteiger partial charge is 0.380 e. The lowest BCUT2D eigenvalue weighted by Crippen LogP contribution is -2.35. The molecule has 0 saturated carbocycles. The molecule has 6 heteroatoms. The molecule has 0 aromatic heterocycles. The van der Waals surface area contributed by atoms with Gasteiger partial charge in [0.2, 0.25) is 10.0 Å². The molecule has 1 aromatic carbocycles. The van der Waals surface area contributed by atoms with Gasteiger partial charge in [0.1, 0.15) is 0 Å². The first-order valence-corrected chi connectivity index (χ1v) is 7.87. The molecule has 0 heterocycles. The van der Waals surface area contributed by atoms with Crippen LogP contribution in [0, 0.1) is 11.8 Å². The molecule has 5 nitrogen and oxygen atoms in total. The number of rotatable bonds is 6. The van der Waals surface area contributed by atoms with Crippen LogP contribution in [0.4, 0.5) is 0 Å². The van der Waals surface area contributed by atoms with E-state index in [1.807, 2.05) is 6.92 Å². The van der Waals surface area contributed by atoms with E-state index in [1.165, 1.54) is 12.1 Å². The maximum atomic E-state index is 12.2. The monoisotopic (exact) mass is 296 g/mol. The van der Waals surface area contributed by atoms with Crippen LogP contribution in [0.15, 0.2) is 29.2 Å². The van der Waals surface area contributed by atoms with Crippen LogP contribution >= 0.6 is 0 Å². The van der Waals surface area contributed by atoms with E-state index in [2.05, 4.69) is 16.6 Å². The van der Waals surface area contributed by atoms with Crippen LogP contribution in [0.1, 0.15) is 19.4 Å². The lowest BCUT2D eigenvalue weighted by Gasteiger charge is -2.14. The molecule has 0 aliphatic heterocycles. The maximum Gasteiger partial charge on any atom is 0.240 e. The Bertz CT molecular complexity index is 588. The Balaban J connectivity index is 2.87. The van der Waals surface area contributed by atoms with Gasteiger partial charge in [-0.05, 0) is 32.0 Å². The zero-order valence-electron chi connectivity index (χ0n) is 11.7. The van der Waals surface area contributed by atoms with Gasteiger partial charge in [-0.2, -0.15) is 0 Å². The summed E-state index contributed by atoms with van der Waals surface area (Å²) < 4.78 is 32.1. The first kappa shape index (κ1) is 16.7. The Labute approximate surface area is 120 Å². The summed E-state index contributed by atoms with van der Waals surface area (Å²) in [4.78, 5) is 0.185. The van der Waals surface area contributed by atoms with Crippen molar-refractivity contribution in [2.24, 2.45) is 5.73 Å². The number of nitrogens with one attached hydrogen (secondary N) is 1. The second kappa shape index (κ2) is 8.02. The van der Waals surface area contributed by atoms with Crippen molar-refractivity contribution in [1.82, 2.24) is 4.72 Å². The molecule has 0 aliphatic carbocycles. The highest BCUT2D eigenvalue weighted by atomic mass is 32.2. The maximum absolute atomic E-state index is 12.2. The number of hydrogen-bond acceptors (Lipinski definition) is 4. The van der Waals surface area contributed by atoms with Crippen molar-refractivity contribution < 1.29 is 13.2 Å². The molecule has 0 aliphatic rings. The Hall–Kier alpha value is -1.39. The molecule has 1 unspecified atom stereocenters. The molecule has 0 spiro atoms. The zero-order valence-corrected chi connectivity index (χ0v) is 12.5. The van der Waals surface area contributed by atoms with Crippen LogP contribution in [0.2, 0.25) is 0 Å². The van der Waals surface area contributed by atoms with Crippen molar-refractivity contribution in [3.05, 3.63) is 29.8 Å². The summed E-state index contributed by atoms with van der Waals surface area (Å²) in [6.07, 6.45) is 0. The second-order valence-corrected chi connectivity index (χ2v) is 5.93. The Kier molecular flexibility index (Phi) is 6.68. The predicted octanol–water partition coefficient (Wildman–Crippen LogP) is 0.700. The van der Waals surface area contributed by atoms with Gasteiger partial charge in [-0.3, -0.25) is 0 Å². The molecular weight excluding hydrogens is 276 g/mol. The van der Waals surface area contributed by atoms with Crippen molar-refractivity contribution in [2.75, 3.05) is 19.8 Å². The number of nitrogens with two attached hydrogens (primary N) is 1. The van der Waals surface area contributed by atoms with Gasteiger partial charge >= 0.3 is 0 Å². The van der Waals surface area contributed by atoms with E-state index in [0.29, 0.717) is 18.8 Å². The van der Waals surface area contributed by atoms with Crippen LogP contribution in [0.5, 0.6) is 0 Å². The van der Waals surface area contributed by atoms with Gasteiger partial charge in [-0.25, -0.2) is 13.1 Å². The molecule has 0 fully saturated rings. The minimum atomic E-state index is -3.57. The van der Waals surface area contributed by atoms with Gasteiger partial charge in [0, 0.05) is 18.2 Å². The predicted molar refractivity (Wildman–Crippen MR) is 78.7 cm³/mol. The average molecular weight is 296 g/mol. The molecule has 0 radical (unpaired) electrons. The third kappa shape index (κ3) is 5.31. The van der Waals surface area contributed by atoms with Crippen molar-refractivity contribution in [2.45, 2.75) is 24.8 Å². The minimum absolute atomic E-state index is 0.185. The third-order valence-corrected chi connectivity index (χ3v) is 3.99. The molecule has 0 saturated heterocycles. The lowest BCUT2D eigenvalue weighted by molar-refractivity contribution is 0.133. The highest BCUT2D eigenvalue weighted by molar-refractivity contribution is 7.89. The SMILES string of the molecule is CCOCC(C)NS(=O)(=O)c1cccc(C#CCN)c1. The Morgan fingerprint density at radius 1 is 1.45 bits per heavy atom. The van der Waals surface area contributed by atoms with E-state index in [9.17, 15) is 8.42 Å². The van der Waals surface area contributed by atoms with Gasteiger partial charge in [0.15, 0.2) is 0 Å². The smallest absolute Gasteiger partial charge is 0.240 e. The third-order valence-electron chi connectivity index (χ3n) is 2.41. The van der Waals surface area contributed by atoms with Crippen LogP contribution in [-0.4, -0.2) is 34.2 Å². The van der Waals surface area contributed by atoms with Crippen LogP contribution in [0.25, 0.3) is 0 Å². The first-order chi connectivity index (χ1) is 9.49. The number of hydrogen-bond donors (Lipinski definition) is 2. The molecule has 0 amide bonds. The van der Waals surface area contributed by atoms with Crippen molar-refractivity contribution in [3.8, 4) is 11.8 Å². The summed E-state index contributed by atoms with van der Waals surface area (Å²) in [6.45, 7) is 4.74. The number of ether oxygens (including phenoxy) is 1. The zero-order chi connectivity index (χ0) is 15.0. The average Bonchev–Trinajstić information content (AvgIpc) is 2.42. The molecule has 20 heavy (non-hydrogen) atoms. The summed E-state index contributed by atoms with van der Waals surface area (Å²) in [6, 6.07) is 6.16. The standard InChI is InChI=1S/C14H20N2O3S/c1-3-19-11-12(2)16-20(17,18)14-8-4-6-13(10-14)7-5-9-15/h4,6,8,10,12,16H,3,9,11,15H2,1-2H3. The fraction of sp³-hybridized carbons (Fsp3) is 0.429. The summed E-state index contributed by atoms with van der Waals surface area (Å²) >= 11 is 0. The quantitative estimate of drug-likeness (QED) is 0.757. The summed E-state index contributed by atoms with van der Waals surface area (Å²) in [5.74, 6) is 5.51. The van der Waals surface area contributed by atoms with Gasteiger partial charge < -0.3 is 10.5 Å². The van der Waals surface area contributed by atoms with Crippen LogP contribution < -0.4 is 10.5 Å². The van der Waals surface area contributed by atoms with E-state index in [-0.39, 0.29) is 17.5 Å². The molecule has 0 bridgehead atoms. The highest BCUT2D eigenvalue weighted by Gasteiger charge is 2.17. The minimum Gasteiger partial charge on any atom is -0.380 e. The highest BCUT2D eigenvalue weighted by Crippen LogP contribution is 2.11. The normalized spacial score (nSPS) is 12.6. The molecule has 1 aromatic rings. The van der Waals surface area contributed by atoms with E-state index < -0.39 is 10.0 Å². The number of benzene rings is 1. The topological polar surface area (TPSA) is 81.4 Å². The van der Waals surface area contributed by atoms with Gasteiger partial charge in [-0.1, -0.05) is 17.9 Å². The van der Waals surface area contributed by atoms with E-state index >= 15 is 0 Å². The fourth-order valence-electron chi connectivity index (χ4n) is 1.56. The fourth-order valence-corrected chi connectivity index (χ4v) is 2.83. The van der Waals surface area contributed by atoms with Gasteiger partial charge in [-0.15, -0.1) is 0 Å². The Morgan fingerprint density at radius 3 is 2.85 bits per heavy atom. The van der Waals surface area contributed by atoms with E-state index in [1.54, 1.807) is 19.1 Å². The van der Waals surface area contributed by atoms with Crippen LogP contribution in [-0.2, 0) is 14.8 Å². The molecule has 110 valence electrons. The van der Waals surface area contributed by atoms with Crippen molar-refractivity contribution in [1.29, 1.82) is 0 Å². The summed E-state index contributed by atoms with van der Waals surface area (Å²) in [5, 5.41) is 0. The number of sulfonamides is 1. The van der Waals surface area contributed by atoms with Gasteiger partial charge in [0.05, 0.1) is 18.0 Å². The molecule has 1 rings (SSSR count). The van der Waals surface area contributed by atoms with Crippen LogP contribution in [0.3, 0.4) is 0 Å². The first-order valence-electron chi connectivity index (χ1n) is 6.38. The van der Waals surface area contributed by atoms with E-state index in [4.69, 9.17) is 10.5 Å². The second-order valence-electron chi connectivity index (χ2n) is 4.22. The van der Waals surface area contributed by atoms with Gasteiger partial charge in [0.25, 0.3) is 0 Å². The summed E-state index contributed by atoms with van der Waals surface area (Å²) in [7, 11) is -3.57. The van der Waals surface area contributed by atoms with Crippen molar-refractivity contribution >= 4 is 10.0 Å². The lowest BCUT2D eigenvalue weighted by atomic mass is 10.2. The molecule has 3 N–H and O–H groups in total. The molecule has 1 atom stereocenters. The molecular formula is C14H20N2O3S. The Morgan fingerprint density at radius 2 is 2.20 bits per heavy atom. The van der Waals surface area contributed by atoms with Crippen molar-refractivity contribution in [3.63, 3.8) is 0 Å².